The molecule has 0 unspecified atom stereocenters. The first kappa shape index (κ1) is 20.3. The number of likely N-dealkylation sites (tertiary alicyclic amines) is 1. The number of piperidine rings is 1. The van der Waals surface area contributed by atoms with Crippen molar-refractivity contribution in [3.63, 3.8) is 0 Å². The number of hydrogen-bond acceptors (Lipinski definition) is 3. The third-order valence-electron chi connectivity index (χ3n) is 5.39. The van der Waals surface area contributed by atoms with Gasteiger partial charge < -0.3 is 10.1 Å². The van der Waals surface area contributed by atoms with Crippen LogP contribution in [0.4, 0.5) is 4.39 Å². The van der Waals surface area contributed by atoms with Crippen molar-refractivity contribution in [3.8, 4) is 5.75 Å². The van der Waals surface area contributed by atoms with Crippen LogP contribution in [-0.2, 0) is 17.8 Å². The summed E-state index contributed by atoms with van der Waals surface area (Å²) in [5, 5.41) is 3.05. The minimum absolute atomic E-state index is 0.0462. The second-order valence-electron chi connectivity index (χ2n) is 7.50. The Hall–Kier alpha value is -2.40. The van der Waals surface area contributed by atoms with Gasteiger partial charge in [-0.2, -0.15) is 0 Å². The van der Waals surface area contributed by atoms with Gasteiger partial charge in [-0.1, -0.05) is 24.3 Å². The maximum Gasteiger partial charge on any atom is 0.220 e. The molecule has 2 aromatic carbocycles. The molecule has 0 bridgehead atoms. The zero-order chi connectivity index (χ0) is 19.8. The Morgan fingerprint density at radius 3 is 2.57 bits per heavy atom. The second kappa shape index (κ2) is 10.2. The maximum absolute atomic E-state index is 13.2. The standard InChI is InChI=1S/C23H29FN2O2/c1-28-22-8-5-20(6-9-22)17-26-13-11-19(12-14-26)16-25-23(27)10-7-18-3-2-4-21(24)15-18/h2-6,8-9,15,19H,7,10-14,16-17H2,1H3,(H,25,27). The molecule has 0 aromatic heterocycles. The lowest BCUT2D eigenvalue weighted by atomic mass is 9.96. The van der Waals surface area contributed by atoms with E-state index in [2.05, 4.69) is 22.3 Å². The van der Waals surface area contributed by atoms with Gasteiger partial charge in [0.2, 0.25) is 5.91 Å². The lowest BCUT2D eigenvalue weighted by Gasteiger charge is -2.32. The van der Waals surface area contributed by atoms with Gasteiger partial charge in [-0.05, 0) is 73.7 Å². The molecule has 1 fully saturated rings. The molecule has 3 rings (SSSR count). The van der Waals surface area contributed by atoms with Crippen LogP contribution in [0.1, 0.15) is 30.4 Å². The van der Waals surface area contributed by atoms with Crippen molar-refractivity contribution in [2.45, 2.75) is 32.2 Å². The minimum atomic E-state index is -0.251. The summed E-state index contributed by atoms with van der Waals surface area (Å²) in [4.78, 5) is 14.5. The predicted octanol–water partition coefficient (Wildman–Crippen LogP) is 3.80. The van der Waals surface area contributed by atoms with E-state index >= 15 is 0 Å². The van der Waals surface area contributed by atoms with Gasteiger partial charge in [0.25, 0.3) is 0 Å². The fourth-order valence-corrected chi connectivity index (χ4v) is 3.63. The van der Waals surface area contributed by atoms with Crippen molar-refractivity contribution < 1.29 is 13.9 Å². The van der Waals surface area contributed by atoms with E-state index in [1.807, 2.05) is 18.2 Å². The fraction of sp³-hybridized carbons (Fsp3) is 0.435. The number of rotatable bonds is 8. The predicted molar refractivity (Wildman–Crippen MR) is 109 cm³/mol. The average Bonchev–Trinajstić information content (AvgIpc) is 2.72. The lowest BCUT2D eigenvalue weighted by Crippen LogP contribution is -2.38. The summed E-state index contributed by atoms with van der Waals surface area (Å²) < 4.78 is 18.4. The first-order valence-corrected chi connectivity index (χ1v) is 9.99. The smallest absolute Gasteiger partial charge is 0.220 e. The number of nitrogens with zero attached hydrogens (tertiary/aromatic N) is 1. The molecule has 1 aliphatic heterocycles. The van der Waals surface area contributed by atoms with Crippen molar-refractivity contribution in [1.29, 1.82) is 0 Å². The van der Waals surface area contributed by atoms with Gasteiger partial charge in [0.1, 0.15) is 11.6 Å². The highest BCUT2D eigenvalue weighted by Gasteiger charge is 2.19. The summed E-state index contributed by atoms with van der Waals surface area (Å²) in [6.07, 6.45) is 3.17. The normalized spacial score (nSPS) is 15.4. The van der Waals surface area contributed by atoms with Gasteiger partial charge >= 0.3 is 0 Å². The molecule has 5 heteroatoms. The number of amides is 1. The van der Waals surface area contributed by atoms with Crippen LogP contribution in [-0.4, -0.2) is 37.6 Å². The monoisotopic (exact) mass is 384 g/mol. The molecule has 0 atom stereocenters. The van der Waals surface area contributed by atoms with Gasteiger partial charge in [0.15, 0.2) is 0 Å². The van der Waals surface area contributed by atoms with Crippen LogP contribution in [0.15, 0.2) is 48.5 Å². The van der Waals surface area contributed by atoms with Gasteiger partial charge in [-0.3, -0.25) is 9.69 Å². The Labute approximate surface area is 166 Å². The van der Waals surface area contributed by atoms with E-state index in [0.717, 1.165) is 50.3 Å². The third-order valence-corrected chi connectivity index (χ3v) is 5.39. The number of aryl methyl sites for hydroxylation is 1. The molecule has 0 aliphatic carbocycles. The quantitative estimate of drug-likeness (QED) is 0.753. The summed E-state index contributed by atoms with van der Waals surface area (Å²) in [6, 6.07) is 14.7. The zero-order valence-corrected chi connectivity index (χ0v) is 16.5. The average molecular weight is 384 g/mol. The number of benzene rings is 2. The van der Waals surface area contributed by atoms with Crippen LogP contribution >= 0.6 is 0 Å². The Morgan fingerprint density at radius 1 is 1.14 bits per heavy atom. The Morgan fingerprint density at radius 2 is 1.89 bits per heavy atom. The molecule has 1 N–H and O–H groups in total. The first-order chi connectivity index (χ1) is 13.6. The molecule has 0 spiro atoms. The highest BCUT2D eigenvalue weighted by molar-refractivity contribution is 5.76. The number of nitrogens with one attached hydrogen (secondary N) is 1. The van der Waals surface area contributed by atoms with Crippen molar-refractivity contribution in [2.24, 2.45) is 5.92 Å². The van der Waals surface area contributed by atoms with Crippen LogP contribution in [0.2, 0.25) is 0 Å². The molecule has 1 saturated heterocycles. The Kier molecular flexibility index (Phi) is 7.43. The molecular weight excluding hydrogens is 355 g/mol. The number of halogens is 1. The number of carbonyl (C=O) groups is 1. The van der Waals surface area contributed by atoms with E-state index in [9.17, 15) is 9.18 Å². The molecule has 4 nitrogen and oxygen atoms in total. The van der Waals surface area contributed by atoms with E-state index in [-0.39, 0.29) is 11.7 Å². The highest BCUT2D eigenvalue weighted by atomic mass is 19.1. The van der Waals surface area contributed by atoms with Gasteiger partial charge in [-0.15, -0.1) is 0 Å². The molecule has 1 heterocycles. The minimum Gasteiger partial charge on any atom is -0.497 e. The topological polar surface area (TPSA) is 41.6 Å². The first-order valence-electron chi connectivity index (χ1n) is 9.99. The van der Waals surface area contributed by atoms with Crippen LogP contribution in [0.5, 0.6) is 5.75 Å². The van der Waals surface area contributed by atoms with Crippen molar-refractivity contribution in [3.05, 3.63) is 65.5 Å². The van der Waals surface area contributed by atoms with E-state index in [1.165, 1.54) is 17.7 Å². The van der Waals surface area contributed by atoms with Crippen LogP contribution in [0.25, 0.3) is 0 Å². The van der Waals surface area contributed by atoms with Crippen LogP contribution < -0.4 is 10.1 Å². The highest BCUT2D eigenvalue weighted by Crippen LogP contribution is 2.19. The van der Waals surface area contributed by atoms with Crippen molar-refractivity contribution >= 4 is 5.91 Å². The second-order valence-corrected chi connectivity index (χ2v) is 7.50. The summed E-state index contributed by atoms with van der Waals surface area (Å²) in [7, 11) is 1.68. The molecule has 1 aliphatic rings. The zero-order valence-electron chi connectivity index (χ0n) is 16.5. The van der Waals surface area contributed by atoms with E-state index in [4.69, 9.17) is 4.74 Å². The molecule has 0 radical (unpaired) electrons. The Balaban J connectivity index is 1.33. The summed E-state index contributed by atoms with van der Waals surface area (Å²) >= 11 is 0. The van der Waals surface area contributed by atoms with Crippen LogP contribution in [0.3, 0.4) is 0 Å². The van der Waals surface area contributed by atoms with E-state index in [0.29, 0.717) is 18.8 Å². The van der Waals surface area contributed by atoms with Crippen molar-refractivity contribution in [1.82, 2.24) is 10.2 Å². The molecule has 150 valence electrons. The fourth-order valence-electron chi connectivity index (χ4n) is 3.63. The van der Waals surface area contributed by atoms with Gasteiger partial charge in [-0.25, -0.2) is 4.39 Å². The molecule has 1 amide bonds. The lowest BCUT2D eigenvalue weighted by molar-refractivity contribution is -0.121. The summed E-state index contributed by atoms with van der Waals surface area (Å²) in [5.74, 6) is 1.21. The SMILES string of the molecule is COc1ccc(CN2CCC(CNC(=O)CCc3cccc(F)c3)CC2)cc1. The number of ether oxygens (including phenoxy) is 1. The maximum atomic E-state index is 13.2. The number of carbonyl (C=O) groups excluding carboxylic acids is 1. The Bertz CT molecular complexity index is 755. The number of hydrogen-bond donors (Lipinski definition) is 1. The molecule has 0 saturated carbocycles. The van der Waals surface area contributed by atoms with Gasteiger partial charge in [0, 0.05) is 19.5 Å². The van der Waals surface area contributed by atoms with E-state index in [1.54, 1.807) is 13.2 Å². The summed E-state index contributed by atoms with van der Waals surface area (Å²) in [5.41, 5.74) is 2.16. The van der Waals surface area contributed by atoms with E-state index < -0.39 is 0 Å². The summed E-state index contributed by atoms with van der Waals surface area (Å²) in [6.45, 7) is 3.79. The van der Waals surface area contributed by atoms with Crippen molar-refractivity contribution in [2.75, 3.05) is 26.7 Å². The number of methoxy groups -OCH3 is 1. The largest absolute Gasteiger partial charge is 0.497 e. The van der Waals surface area contributed by atoms with Crippen LogP contribution in [0, 0.1) is 11.7 Å². The molecule has 28 heavy (non-hydrogen) atoms. The van der Waals surface area contributed by atoms with Gasteiger partial charge in [0.05, 0.1) is 7.11 Å². The molecule has 2 aromatic rings. The third kappa shape index (κ3) is 6.34. The molecular formula is C23H29FN2O2.